The van der Waals surface area contributed by atoms with Crippen molar-refractivity contribution in [3.8, 4) is 0 Å². The zero-order chi connectivity index (χ0) is 20.8. The first-order valence-corrected chi connectivity index (χ1v) is 10.5. The topological polar surface area (TPSA) is 70.2 Å². The average molecular weight is 394 g/mol. The largest absolute Gasteiger partial charge is 0.343 e. The predicted molar refractivity (Wildman–Crippen MR) is 117 cm³/mol. The van der Waals surface area contributed by atoms with Crippen LogP contribution in [0.4, 0.5) is 5.69 Å². The van der Waals surface area contributed by atoms with Crippen LogP contribution in [0.5, 0.6) is 0 Å². The van der Waals surface area contributed by atoms with E-state index in [0.717, 1.165) is 18.5 Å². The van der Waals surface area contributed by atoms with E-state index in [1.54, 1.807) is 0 Å². The number of rotatable bonds is 7. The lowest BCUT2D eigenvalue weighted by Crippen LogP contribution is -2.55. The van der Waals surface area contributed by atoms with E-state index in [-0.39, 0.29) is 23.8 Å². The van der Waals surface area contributed by atoms with Crippen LogP contribution >= 0.6 is 0 Å². The van der Waals surface area contributed by atoms with E-state index >= 15 is 0 Å². The van der Waals surface area contributed by atoms with Crippen LogP contribution in [0.25, 0.3) is 0 Å². The summed E-state index contributed by atoms with van der Waals surface area (Å²) in [6.07, 6.45) is 2.39. The van der Waals surface area contributed by atoms with E-state index in [1.807, 2.05) is 50.2 Å². The van der Waals surface area contributed by atoms with Gasteiger partial charge in [0.1, 0.15) is 6.04 Å². The first kappa shape index (κ1) is 21.1. The molecule has 3 atom stereocenters. The minimum absolute atomic E-state index is 0.0322. The SMILES string of the molecule is CCc1ccc(NC(=O)[C@@H](NC(=O)[C@@H]2Cc3ccccc3CN2)[C@H](C)CC)cc1. The van der Waals surface area contributed by atoms with Crippen LogP contribution in [-0.4, -0.2) is 23.9 Å². The second kappa shape index (κ2) is 9.70. The van der Waals surface area contributed by atoms with E-state index in [2.05, 4.69) is 35.0 Å². The van der Waals surface area contributed by atoms with Gasteiger partial charge in [0.05, 0.1) is 6.04 Å². The molecule has 0 saturated heterocycles. The molecule has 0 saturated carbocycles. The van der Waals surface area contributed by atoms with E-state index in [9.17, 15) is 9.59 Å². The first-order valence-electron chi connectivity index (χ1n) is 10.5. The van der Waals surface area contributed by atoms with Crippen molar-refractivity contribution in [2.24, 2.45) is 5.92 Å². The lowest BCUT2D eigenvalue weighted by molar-refractivity contribution is -0.129. The molecule has 0 spiro atoms. The Labute approximate surface area is 173 Å². The lowest BCUT2D eigenvalue weighted by Gasteiger charge is -2.29. The Morgan fingerprint density at radius 2 is 1.76 bits per heavy atom. The molecule has 3 N–H and O–H groups in total. The van der Waals surface area contributed by atoms with Crippen molar-refractivity contribution in [2.75, 3.05) is 5.32 Å². The van der Waals surface area contributed by atoms with Gasteiger partial charge < -0.3 is 16.0 Å². The molecule has 154 valence electrons. The third kappa shape index (κ3) is 5.24. The molecule has 5 heteroatoms. The third-order valence-electron chi connectivity index (χ3n) is 5.82. The molecular formula is C24H31N3O2. The maximum Gasteiger partial charge on any atom is 0.247 e. The number of hydrogen-bond donors (Lipinski definition) is 3. The molecule has 0 aliphatic carbocycles. The van der Waals surface area contributed by atoms with Gasteiger partial charge in [-0.3, -0.25) is 9.59 Å². The van der Waals surface area contributed by atoms with Gasteiger partial charge in [-0.2, -0.15) is 0 Å². The van der Waals surface area contributed by atoms with Crippen molar-refractivity contribution in [3.05, 3.63) is 65.2 Å². The lowest BCUT2D eigenvalue weighted by atomic mass is 9.94. The van der Waals surface area contributed by atoms with Gasteiger partial charge in [-0.25, -0.2) is 0 Å². The van der Waals surface area contributed by atoms with Crippen LogP contribution in [0.1, 0.15) is 43.9 Å². The van der Waals surface area contributed by atoms with Crippen LogP contribution in [0.2, 0.25) is 0 Å². The second-order valence-corrected chi connectivity index (χ2v) is 7.82. The fraction of sp³-hybridized carbons (Fsp3) is 0.417. The number of hydrogen-bond acceptors (Lipinski definition) is 3. The fourth-order valence-corrected chi connectivity index (χ4v) is 3.64. The van der Waals surface area contributed by atoms with Crippen molar-refractivity contribution in [3.63, 3.8) is 0 Å². The van der Waals surface area contributed by atoms with E-state index in [1.165, 1.54) is 16.7 Å². The molecule has 0 radical (unpaired) electrons. The number of fused-ring (bicyclic) bond motifs is 1. The monoisotopic (exact) mass is 393 g/mol. The number of benzene rings is 2. The van der Waals surface area contributed by atoms with Crippen LogP contribution in [0.15, 0.2) is 48.5 Å². The van der Waals surface area contributed by atoms with Crippen molar-refractivity contribution in [1.29, 1.82) is 0 Å². The van der Waals surface area contributed by atoms with Crippen molar-refractivity contribution in [2.45, 2.75) is 58.7 Å². The molecule has 2 aromatic carbocycles. The Bertz CT molecular complexity index is 847. The van der Waals surface area contributed by atoms with Gasteiger partial charge in [0.2, 0.25) is 11.8 Å². The molecule has 2 aromatic rings. The number of carbonyl (C=O) groups excluding carboxylic acids is 2. The zero-order valence-corrected chi connectivity index (χ0v) is 17.5. The molecule has 0 bridgehead atoms. The number of amides is 2. The van der Waals surface area contributed by atoms with Gasteiger partial charge in [0.25, 0.3) is 0 Å². The summed E-state index contributed by atoms with van der Waals surface area (Å²) in [6.45, 7) is 6.79. The second-order valence-electron chi connectivity index (χ2n) is 7.82. The number of anilines is 1. The van der Waals surface area contributed by atoms with Crippen molar-refractivity contribution < 1.29 is 9.59 Å². The van der Waals surface area contributed by atoms with Crippen molar-refractivity contribution in [1.82, 2.24) is 10.6 Å². The van der Waals surface area contributed by atoms with Gasteiger partial charge in [-0.15, -0.1) is 0 Å². The van der Waals surface area contributed by atoms with Crippen LogP contribution in [-0.2, 0) is 29.0 Å². The maximum atomic E-state index is 12.9. The highest BCUT2D eigenvalue weighted by molar-refractivity contribution is 5.98. The Hall–Kier alpha value is -2.66. The third-order valence-corrected chi connectivity index (χ3v) is 5.82. The molecule has 0 unspecified atom stereocenters. The highest BCUT2D eigenvalue weighted by atomic mass is 16.2. The normalized spacial score (nSPS) is 17.7. The van der Waals surface area contributed by atoms with E-state index < -0.39 is 6.04 Å². The zero-order valence-electron chi connectivity index (χ0n) is 17.5. The molecule has 3 rings (SSSR count). The molecular weight excluding hydrogens is 362 g/mol. The Kier molecular flexibility index (Phi) is 7.04. The highest BCUT2D eigenvalue weighted by Crippen LogP contribution is 2.18. The van der Waals surface area contributed by atoms with Gasteiger partial charge >= 0.3 is 0 Å². The number of nitrogens with one attached hydrogen (secondary N) is 3. The molecule has 2 amide bonds. The summed E-state index contributed by atoms with van der Waals surface area (Å²) in [5.41, 5.74) is 4.38. The summed E-state index contributed by atoms with van der Waals surface area (Å²) in [4.78, 5) is 25.9. The summed E-state index contributed by atoms with van der Waals surface area (Å²) in [6, 6.07) is 15.1. The average Bonchev–Trinajstić information content (AvgIpc) is 2.76. The summed E-state index contributed by atoms with van der Waals surface area (Å²) >= 11 is 0. The highest BCUT2D eigenvalue weighted by Gasteiger charge is 2.30. The molecule has 1 heterocycles. The maximum absolute atomic E-state index is 12.9. The van der Waals surface area contributed by atoms with Crippen LogP contribution < -0.4 is 16.0 Å². The minimum atomic E-state index is -0.572. The summed E-state index contributed by atoms with van der Waals surface area (Å²) in [5, 5.41) is 9.25. The van der Waals surface area contributed by atoms with Crippen molar-refractivity contribution >= 4 is 17.5 Å². The number of carbonyl (C=O) groups is 2. The van der Waals surface area contributed by atoms with E-state index in [4.69, 9.17) is 0 Å². The van der Waals surface area contributed by atoms with Gasteiger partial charge in [-0.1, -0.05) is 63.6 Å². The first-order chi connectivity index (χ1) is 14.0. The molecule has 29 heavy (non-hydrogen) atoms. The van der Waals surface area contributed by atoms with Gasteiger partial charge in [0.15, 0.2) is 0 Å². The molecule has 1 aliphatic heterocycles. The molecule has 0 fully saturated rings. The minimum Gasteiger partial charge on any atom is -0.343 e. The quantitative estimate of drug-likeness (QED) is 0.675. The Morgan fingerprint density at radius 3 is 2.41 bits per heavy atom. The molecule has 1 aliphatic rings. The molecule has 5 nitrogen and oxygen atoms in total. The van der Waals surface area contributed by atoms with E-state index in [0.29, 0.717) is 13.0 Å². The van der Waals surface area contributed by atoms with Crippen LogP contribution in [0.3, 0.4) is 0 Å². The number of aryl methyl sites for hydroxylation is 1. The summed E-state index contributed by atoms with van der Waals surface area (Å²) < 4.78 is 0. The smallest absolute Gasteiger partial charge is 0.247 e. The Morgan fingerprint density at radius 1 is 1.07 bits per heavy atom. The Balaban J connectivity index is 1.66. The standard InChI is InChI=1S/C24H31N3O2/c1-4-16(3)22(24(29)26-20-12-10-17(5-2)11-13-20)27-23(28)21-14-18-8-6-7-9-19(18)15-25-21/h6-13,16,21-22,25H,4-5,14-15H2,1-3H3,(H,26,29)(H,27,28)/t16-,21+,22+/m1/s1. The summed E-state index contributed by atoms with van der Waals surface area (Å²) in [7, 11) is 0. The summed E-state index contributed by atoms with van der Waals surface area (Å²) in [5.74, 6) is -0.265. The predicted octanol–water partition coefficient (Wildman–Crippen LogP) is 3.43. The van der Waals surface area contributed by atoms with Gasteiger partial charge in [-0.05, 0) is 47.6 Å². The van der Waals surface area contributed by atoms with Gasteiger partial charge in [0, 0.05) is 12.2 Å². The molecule has 0 aromatic heterocycles. The fourth-order valence-electron chi connectivity index (χ4n) is 3.64. The van der Waals surface area contributed by atoms with Crippen LogP contribution in [0, 0.1) is 5.92 Å².